The second-order valence-corrected chi connectivity index (χ2v) is 11.4. The number of rotatable bonds is 7. The fraction of sp³-hybridized carbons (Fsp3) is 0.621. The van der Waals surface area contributed by atoms with Crippen molar-refractivity contribution in [3.05, 3.63) is 40.7 Å². The molecule has 4 aliphatic rings. The van der Waals surface area contributed by atoms with Crippen molar-refractivity contribution in [2.24, 2.45) is 17.6 Å². The van der Waals surface area contributed by atoms with Gasteiger partial charge in [0.15, 0.2) is 17.3 Å². The summed E-state index contributed by atoms with van der Waals surface area (Å²) in [5.41, 5.74) is 10.4. The van der Waals surface area contributed by atoms with E-state index in [1.165, 1.54) is 50.1 Å². The highest BCUT2D eigenvalue weighted by Crippen LogP contribution is 2.33. The van der Waals surface area contributed by atoms with Crippen LogP contribution in [0.25, 0.3) is 0 Å². The van der Waals surface area contributed by atoms with E-state index in [0.29, 0.717) is 18.3 Å². The van der Waals surface area contributed by atoms with Crippen LogP contribution in [-0.4, -0.2) is 72.3 Å². The van der Waals surface area contributed by atoms with Gasteiger partial charge < -0.3 is 26.4 Å². The normalized spacial score (nSPS) is 26.0. The number of primary amides is 1. The van der Waals surface area contributed by atoms with E-state index in [1.54, 1.807) is 0 Å². The van der Waals surface area contributed by atoms with E-state index in [1.807, 2.05) is 6.92 Å². The van der Waals surface area contributed by atoms with Gasteiger partial charge in [-0.3, -0.25) is 9.69 Å². The van der Waals surface area contributed by atoms with E-state index in [9.17, 15) is 4.79 Å². The summed E-state index contributed by atoms with van der Waals surface area (Å²) in [6.07, 6.45) is 7.11. The fourth-order valence-electron chi connectivity index (χ4n) is 6.79. The van der Waals surface area contributed by atoms with Crippen molar-refractivity contribution in [1.29, 1.82) is 0 Å². The topological polar surface area (TPSA) is 117 Å². The number of likely N-dealkylation sites (tertiary alicyclic amines) is 1. The van der Waals surface area contributed by atoms with Crippen molar-refractivity contribution in [1.82, 2.24) is 20.2 Å². The Morgan fingerprint density at radius 3 is 2.50 bits per heavy atom. The predicted molar refractivity (Wildman–Crippen MR) is 149 cm³/mol. The third-order valence-electron chi connectivity index (χ3n) is 9.00. The molecule has 3 atom stereocenters. The van der Waals surface area contributed by atoms with Crippen LogP contribution in [0.3, 0.4) is 0 Å². The molecule has 3 aliphatic heterocycles. The summed E-state index contributed by atoms with van der Waals surface area (Å²) in [6.45, 7) is 8.36. The Labute approximate surface area is 225 Å². The van der Waals surface area contributed by atoms with Crippen LogP contribution in [0.1, 0.15) is 59.9 Å². The lowest BCUT2D eigenvalue weighted by atomic mass is 10.0. The van der Waals surface area contributed by atoms with Crippen molar-refractivity contribution in [3.8, 4) is 0 Å². The lowest BCUT2D eigenvalue weighted by Crippen LogP contribution is -2.35. The van der Waals surface area contributed by atoms with Crippen molar-refractivity contribution >= 4 is 23.2 Å². The van der Waals surface area contributed by atoms with E-state index in [4.69, 9.17) is 15.5 Å². The van der Waals surface area contributed by atoms with E-state index in [-0.39, 0.29) is 11.7 Å². The molecular formula is C29H41N7O2. The highest BCUT2D eigenvalue weighted by molar-refractivity contribution is 5.96. The van der Waals surface area contributed by atoms with Gasteiger partial charge >= 0.3 is 0 Å². The largest absolute Gasteiger partial charge is 0.381 e. The number of fused-ring (bicyclic) bond motifs is 2. The number of hydrogen-bond donors (Lipinski definition) is 4. The highest BCUT2D eigenvalue weighted by atomic mass is 16.5. The van der Waals surface area contributed by atoms with Crippen LogP contribution >= 0.6 is 0 Å². The summed E-state index contributed by atoms with van der Waals surface area (Å²) < 4.78 is 5.50. The van der Waals surface area contributed by atoms with Gasteiger partial charge in [0.1, 0.15) is 0 Å². The Bertz CT molecular complexity index is 1150. The summed E-state index contributed by atoms with van der Waals surface area (Å²) in [5, 5.41) is 10.5. The number of carbonyl (C=O) groups excluding carboxylic acids is 1. The minimum atomic E-state index is -0.574. The summed E-state index contributed by atoms with van der Waals surface area (Å²) in [7, 11) is 0. The molecule has 3 saturated heterocycles. The Morgan fingerprint density at radius 1 is 1.05 bits per heavy atom. The van der Waals surface area contributed by atoms with E-state index < -0.39 is 5.91 Å². The molecule has 4 heterocycles. The van der Waals surface area contributed by atoms with Crippen molar-refractivity contribution in [2.75, 3.05) is 50.0 Å². The van der Waals surface area contributed by atoms with Crippen molar-refractivity contribution in [3.63, 3.8) is 0 Å². The van der Waals surface area contributed by atoms with Gasteiger partial charge in [-0.25, -0.2) is 9.97 Å². The Morgan fingerprint density at radius 2 is 1.79 bits per heavy atom. The maximum atomic E-state index is 12.3. The van der Waals surface area contributed by atoms with Gasteiger partial charge in [0.05, 0.1) is 5.69 Å². The van der Waals surface area contributed by atoms with Crippen LogP contribution in [0, 0.1) is 11.8 Å². The van der Waals surface area contributed by atoms with Crippen molar-refractivity contribution < 1.29 is 9.53 Å². The predicted octanol–water partition coefficient (Wildman–Crippen LogP) is 2.87. The average Bonchev–Trinajstić information content (AvgIpc) is 3.46. The summed E-state index contributed by atoms with van der Waals surface area (Å²) >= 11 is 0. The summed E-state index contributed by atoms with van der Waals surface area (Å²) in [6, 6.07) is 7.50. The van der Waals surface area contributed by atoms with Gasteiger partial charge in [-0.15, -0.1) is 0 Å². The average molecular weight is 520 g/mol. The molecule has 9 heteroatoms. The Hall–Kier alpha value is -2.75. The quantitative estimate of drug-likeness (QED) is 0.413. The van der Waals surface area contributed by atoms with Crippen LogP contribution in [0.5, 0.6) is 0 Å². The minimum Gasteiger partial charge on any atom is -0.381 e. The summed E-state index contributed by atoms with van der Waals surface area (Å²) in [5.74, 6) is 2.22. The second kappa shape index (κ2) is 11.2. The first-order chi connectivity index (χ1) is 18.6. The standard InChI is InChI=1S/C29H41N7O2/c1-2-25-28(32-22-9-11-38-12-10-22)35-29(26(34-25)27(30)37)33-23-6-3-18-4-7-24(8-5-19(18)13-23)36-16-20-14-31-15-21(20)17-36/h3,6,13,20-22,24,31H,2,4-5,7-12,14-17H2,1H3,(H2,30,37)(H2,32,33,35). The molecule has 3 fully saturated rings. The third kappa shape index (κ3) is 5.37. The molecule has 1 aliphatic carbocycles. The lowest BCUT2D eigenvalue weighted by molar-refractivity contribution is 0.0903. The number of amides is 1. The zero-order valence-corrected chi connectivity index (χ0v) is 22.5. The molecule has 0 saturated carbocycles. The molecule has 3 unspecified atom stereocenters. The monoisotopic (exact) mass is 519 g/mol. The number of nitrogens with two attached hydrogens (primary N) is 1. The van der Waals surface area contributed by atoms with E-state index in [2.05, 4.69) is 44.0 Å². The van der Waals surface area contributed by atoms with Crippen LogP contribution in [0.2, 0.25) is 0 Å². The van der Waals surface area contributed by atoms with Crippen LogP contribution in [0.15, 0.2) is 18.2 Å². The number of nitrogens with zero attached hydrogens (tertiary/aromatic N) is 3. The van der Waals surface area contributed by atoms with Gasteiger partial charge in [-0.05, 0) is 93.1 Å². The molecule has 0 spiro atoms. The zero-order valence-electron chi connectivity index (χ0n) is 22.5. The number of nitrogens with one attached hydrogen (secondary N) is 3. The molecule has 1 aromatic carbocycles. The zero-order chi connectivity index (χ0) is 26.1. The number of aromatic nitrogens is 2. The molecule has 0 radical (unpaired) electrons. The highest BCUT2D eigenvalue weighted by Gasteiger charge is 2.38. The van der Waals surface area contributed by atoms with Crippen LogP contribution in [-0.2, 0) is 24.0 Å². The first-order valence-electron chi connectivity index (χ1n) is 14.5. The number of carbonyl (C=O) groups is 1. The molecule has 1 amide bonds. The van der Waals surface area contributed by atoms with Crippen LogP contribution < -0.4 is 21.7 Å². The number of ether oxygens (including phenoxy) is 1. The van der Waals surface area contributed by atoms with Gasteiger partial charge in [0.2, 0.25) is 0 Å². The Balaban J connectivity index is 1.19. The molecule has 5 N–H and O–H groups in total. The fourth-order valence-corrected chi connectivity index (χ4v) is 6.79. The van der Waals surface area contributed by atoms with Gasteiger partial charge in [0, 0.05) is 44.1 Å². The first kappa shape index (κ1) is 25.5. The number of hydrogen-bond acceptors (Lipinski definition) is 8. The SMILES string of the molecule is CCc1nc(C(N)=O)c(Nc2ccc3c(c2)CCC(N2CC4CNCC4C2)CC3)nc1NC1CCOCC1. The molecule has 9 nitrogen and oxygen atoms in total. The smallest absolute Gasteiger partial charge is 0.271 e. The minimum absolute atomic E-state index is 0.184. The molecular weight excluding hydrogens is 478 g/mol. The maximum absolute atomic E-state index is 12.3. The summed E-state index contributed by atoms with van der Waals surface area (Å²) in [4.78, 5) is 24.6. The Kier molecular flexibility index (Phi) is 7.50. The van der Waals surface area contributed by atoms with E-state index in [0.717, 1.165) is 67.9 Å². The van der Waals surface area contributed by atoms with Gasteiger partial charge in [-0.2, -0.15) is 0 Å². The first-order valence-corrected chi connectivity index (χ1v) is 14.5. The maximum Gasteiger partial charge on any atom is 0.271 e. The number of benzene rings is 1. The van der Waals surface area contributed by atoms with Crippen molar-refractivity contribution in [2.45, 2.75) is 64.0 Å². The number of aryl methyl sites for hydroxylation is 3. The van der Waals surface area contributed by atoms with Gasteiger partial charge in [0.25, 0.3) is 5.91 Å². The molecule has 204 valence electrons. The lowest BCUT2D eigenvalue weighted by Gasteiger charge is -2.27. The third-order valence-corrected chi connectivity index (χ3v) is 9.00. The van der Waals surface area contributed by atoms with Crippen LogP contribution in [0.4, 0.5) is 17.3 Å². The molecule has 38 heavy (non-hydrogen) atoms. The number of anilines is 3. The van der Waals surface area contributed by atoms with E-state index >= 15 is 0 Å². The molecule has 2 aromatic rings. The van der Waals surface area contributed by atoms with Gasteiger partial charge in [-0.1, -0.05) is 13.0 Å². The molecule has 1 aromatic heterocycles. The second-order valence-electron chi connectivity index (χ2n) is 11.4. The molecule has 6 rings (SSSR count). The molecule has 0 bridgehead atoms.